The third-order valence-electron chi connectivity index (χ3n) is 0.744. The summed E-state index contributed by atoms with van der Waals surface area (Å²) in [6, 6.07) is 0. The summed E-state index contributed by atoms with van der Waals surface area (Å²) < 4.78 is 0. The third-order valence-corrected chi connectivity index (χ3v) is 0.744. The second-order valence-electron chi connectivity index (χ2n) is 1.52. The predicted molar refractivity (Wildman–Crippen MR) is 40.4 cm³/mol. The molecule has 2 heteroatoms. The van der Waals surface area contributed by atoms with Crippen LogP contribution in [0.4, 0.5) is 0 Å². The molecule has 0 aromatic rings. The van der Waals surface area contributed by atoms with Crippen molar-refractivity contribution < 1.29 is 4.79 Å². The van der Waals surface area contributed by atoms with Gasteiger partial charge in [-0.3, -0.25) is 4.79 Å². The van der Waals surface area contributed by atoms with E-state index in [2.05, 4.69) is 13.2 Å². The zero-order valence-electron chi connectivity index (χ0n) is 5.47. The zero-order valence-corrected chi connectivity index (χ0v) is 5.47. The Hall–Kier alpha value is -0.785. The van der Waals surface area contributed by atoms with Gasteiger partial charge in [0.1, 0.15) is 5.78 Å². The Kier molecular flexibility index (Phi) is 8.88. The predicted octanol–water partition coefficient (Wildman–Crippen LogP) is 1.33. The molecule has 0 saturated carbocycles. The number of carbonyl (C=O) groups is 1. The first-order valence-corrected chi connectivity index (χ1v) is 2.54. The Morgan fingerprint density at radius 2 is 1.56 bits per heavy atom. The number of carbonyl (C=O) groups excluding carboxylic acids is 1. The number of rotatable bonds is 4. The van der Waals surface area contributed by atoms with Crippen LogP contribution in [0.1, 0.15) is 12.8 Å². The fraction of sp³-hybridized carbons (Fsp3) is 0.286. The lowest BCUT2D eigenvalue weighted by molar-refractivity contribution is -0.117. The van der Waals surface area contributed by atoms with E-state index in [9.17, 15) is 4.79 Å². The van der Waals surface area contributed by atoms with Crippen molar-refractivity contribution in [2.24, 2.45) is 0 Å². The second-order valence-corrected chi connectivity index (χ2v) is 1.52. The highest BCUT2D eigenvalue weighted by molar-refractivity contribution is 5.80. The minimum atomic E-state index is 0. The standard InChI is InChI=1S/C7H10O.B/c1-3-5-7(8)6-4-2;/h3-4H,1-2,5-6H2;. The number of Topliss-reactive ketones (excluding diaryl/α,β-unsaturated/α-hetero) is 1. The maximum atomic E-state index is 10.5. The second kappa shape index (κ2) is 7.21. The van der Waals surface area contributed by atoms with Crippen molar-refractivity contribution in [3.63, 3.8) is 0 Å². The summed E-state index contributed by atoms with van der Waals surface area (Å²) in [6.45, 7) is 6.86. The summed E-state index contributed by atoms with van der Waals surface area (Å²) in [5.41, 5.74) is 0. The molecule has 0 aromatic carbocycles. The molecule has 1 nitrogen and oxygen atoms in total. The van der Waals surface area contributed by atoms with Crippen LogP contribution in [0, 0.1) is 0 Å². The van der Waals surface area contributed by atoms with E-state index < -0.39 is 0 Å². The van der Waals surface area contributed by atoms with E-state index in [0.29, 0.717) is 12.8 Å². The Morgan fingerprint density at radius 3 is 1.78 bits per heavy atom. The van der Waals surface area contributed by atoms with Gasteiger partial charge in [0.2, 0.25) is 0 Å². The van der Waals surface area contributed by atoms with Gasteiger partial charge in [-0.15, -0.1) is 13.2 Å². The van der Waals surface area contributed by atoms with Gasteiger partial charge in [0.05, 0.1) is 0 Å². The van der Waals surface area contributed by atoms with Gasteiger partial charge >= 0.3 is 0 Å². The van der Waals surface area contributed by atoms with Crippen LogP contribution in [-0.4, -0.2) is 14.2 Å². The molecular weight excluding hydrogens is 111 g/mol. The third kappa shape index (κ3) is 7.21. The summed E-state index contributed by atoms with van der Waals surface area (Å²) in [4.78, 5) is 10.5. The first-order chi connectivity index (χ1) is 3.81. The molecule has 3 radical (unpaired) electrons. The van der Waals surface area contributed by atoms with Crippen molar-refractivity contribution in [1.82, 2.24) is 0 Å². The maximum Gasteiger partial charge on any atom is 0.140 e. The number of hydrogen-bond acceptors (Lipinski definition) is 1. The van der Waals surface area contributed by atoms with Crippen LogP contribution in [0.3, 0.4) is 0 Å². The molecule has 0 aliphatic heterocycles. The van der Waals surface area contributed by atoms with Gasteiger partial charge in [0, 0.05) is 21.3 Å². The molecule has 0 heterocycles. The number of ketones is 1. The highest BCUT2D eigenvalue weighted by atomic mass is 16.1. The molecule has 9 heavy (non-hydrogen) atoms. The smallest absolute Gasteiger partial charge is 0.140 e. The van der Waals surface area contributed by atoms with Crippen LogP contribution < -0.4 is 0 Å². The van der Waals surface area contributed by atoms with Gasteiger partial charge in [-0.25, -0.2) is 0 Å². The van der Waals surface area contributed by atoms with Gasteiger partial charge in [-0.1, -0.05) is 12.2 Å². The van der Waals surface area contributed by atoms with Crippen molar-refractivity contribution in [2.45, 2.75) is 12.8 Å². The van der Waals surface area contributed by atoms with E-state index in [1.54, 1.807) is 12.2 Å². The van der Waals surface area contributed by atoms with Crippen LogP contribution in [0.15, 0.2) is 25.3 Å². The molecule has 0 amide bonds. The van der Waals surface area contributed by atoms with E-state index in [1.807, 2.05) is 0 Å². The van der Waals surface area contributed by atoms with E-state index >= 15 is 0 Å². The molecule has 0 aliphatic carbocycles. The normalized spacial score (nSPS) is 7.11. The molecule has 0 rings (SSSR count). The Labute approximate surface area is 58.0 Å². The molecule has 0 spiro atoms. The molecule has 0 aliphatic rings. The van der Waals surface area contributed by atoms with E-state index in [4.69, 9.17) is 0 Å². The van der Waals surface area contributed by atoms with Crippen molar-refractivity contribution in [3.05, 3.63) is 25.3 Å². The largest absolute Gasteiger partial charge is 0.299 e. The summed E-state index contributed by atoms with van der Waals surface area (Å²) in [5.74, 6) is 0.176. The Morgan fingerprint density at radius 1 is 1.22 bits per heavy atom. The fourth-order valence-corrected chi connectivity index (χ4v) is 0.405. The van der Waals surface area contributed by atoms with Gasteiger partial charge in [-0.2, -0.15) is 0 Å². The van der Waals surface area contributed by atoms with Crippen molar-refractivity contribution >= 4 is 14.2 Å². The van der Waals surface area contributed by atoms with Crippen LogP contribution in [-0.2, 0) is 4.79 Å². The lowest BCUT2D eigenvalue weighted by Gasteiger charge is -1.85. The maximum absolute atomic E-state index is 10.5. The highest BCUT2D eigenvalue weighted by Gasteiger charge is 1.91. The van der Waals surface area contributed by atoms with E-state index in [0.717, 1.165) is 0 Å². The fourth-order valence-electron chi connectivity index (χ4n) is 0.405. The average molecular weight is 121 g/mol. The monoisotopic (exact) mass is 121 g/mol. The minimum Gasteiger partial charge on any atom is -0.299 e. The van der Waals surface area contributed by atoms with E-state index in [1.165, 1.54) is 0 Å². The van der Waals surface area contributed by atoms with Gasteiger partial charge < -0.3 is 0 Å². The molecule has 0 unspecified atom stereocenters. The minimum absolute atomic E-state index is 0. The van der Waals surface area contributed by atoms with Crippen molar-refractivity contribution in [3.8, 4) is 0 Å². The number of hydrogen-bond donors (Lipinski definition) is 0. The van der Waals surface area contributed by atoms with Crippen LogP contribution in [0.5, 0.6) is 0 Å². The molecule has 47 valence electrons. The quantitative estimate of drug-likeness (QED) is 0.405. The molecule has 0 saturated heterocycles. The first-order valence-electron chi connectivity index (χ1n) is 2.54. The topological polar surface area (TPSA) is 17.1 Å². The lowest BCUT2D eigenvalue weighted by atomic mass is 10.2. The summed E-state index contributed by atoms with van der Waals surface area (Å²) in [5, 5.41) is 0. The molecule has 0 bridgehead atoms. The van der Waals surface area contributed by atoms with Crippen molar-refractivity contribution in [2.75, 3.05) is 0 Å². The Balaban J connectivity index is 0. The molecule has 0 fully saturated rings. The van der Waals surface area contributed by atoms with E-state index in [-0.39, 0.29) is 14.2 Å². The number of allylic oxidation sites excluding steroid dienone is 2. The van der Waals surface area contributed by atoms with Crippen LogP contribution in [0.2, 0.25) is 0 Å². The SMILES string of the molecule is C=CCC(=O)CC=C.[B]. The van der Waals surface area contributed by atoms with Crippen molar-refractivity contribution in [1.29, 1.82) is 0 Å². The van der Waals surface area contributed by atoms with Gasteiger partial charge in [0.25, 0.3) is 0 Å². The zero-order chi connectivity index (χ0) is 6.41. The molecule has 0 atom stereocenters. The summed E-state index contributed by atoms with van der Waals surface area (Å²) in [6.07, 6.45) is 4.13. The van der Waals surface area contributed by atoms with Crippen LogP contribution >= 0.6 is 0 Å². The highest BCUT2D eigenvalue weighted by Crippen LogP contribution is 1.89. The lowest BCUT2D eigenvalue weighted by Crippen LogP contribution is -1.90. The molecular formula is C7H10BO. The molecule has 0 N–H and O–H groups in total. The summed E-state index contributed by atoms with van der Waals surface area (Å²) in [7, 11) is 0. The Bertz CT molecular complexity index is 95.5. The molecule has 0 aromatic heterocycles. The van der Waals surface area contributed by atoms with Gasteiger partial charge in [-0.05, 0) is 0 Å². The van der Waals surface area contributed by atoms with Gasteiger partial charge in [0.15, 0.2) is 0 Å². The average Bonchev–Trinajstić information content (AvgIpc) is 1.68. The first kappa shape index (κ1) is 11.1. The van der Waals surface area contributed by atoms with Crippen LogP contribution in [0.25, 0.3) is 0 Å². The summed E-state index contributed by atoms with van der Waals surface area (Å²) >= 11 is 0.